The van der Waals surface area contributed by atoms with Crippen molar-refractivity contribution in [3.8, 4) is 0 Å². The van der Waals surface area contributed by atoms with Gasteiger partial charge in [-0.05, 0) is 53.9 Å². The first-order chi connectivity index (χ1) is 15.2. The van der Waals surface area contributed by atoms with E-state index < -0.39 is 11.7 Å². The topological polar surface area (TPSA) is 32.3 Å². The van der Waals surface area contributed by atoms with Crippen LogP contribution in [-0.2, 0) is 19.1 Å². The number of hydrogen-bond donors (Lipinski definition) is 1. The molecule has 3 rings (SSSR count). The van der Waals surface area contributed by atoms with Gasteiger partial charge in [-0.2, -0.15) is 13.2 Å². The molecule has 0 unspecified atom stereocenters. The van der Waals surface area contributed by atoms with Crippen LogP contribution in [0.3, 0.4) is 0 Å². The van der Waals surface area contributed by atoms with Crippen molar-refractivity contribution in [2.24, 2.45) is 0 Å². The van der Waals surface area contributed by atoms with Gasteiger partial charge in [0.1, 0.15) is 0 Å². The van der Waals surface area contributed by atoms with Crippen LogP contribution in [0.1, 0.15) is 27.0 Å². The first-order valence-electron chi connectivity index (χ1n) is 9.85. The Hall–Kier alpha value is -2.70. The van der Waals surface area contributed by atoms with E-state index in [0.717, 1.165) is 17.7 Å². The molecule has 3 aromatic carbocycles. The third-order valence-electron chi connectivity index (χ3n) is 5.02. The van der Waals surface area contributed by atoms with Crippen molar-refractivity contribution in [1.82, 2.24) is 4.90 Å². The maximum atomic E-state index is 13.5. The van der Waals surface area contributed by atoms with Crippen LogP contribution in [0.25, 0.3) is 0 Å². The SMILES string of the molecule is CNc1cccc(Cl)c1C(=O)N(CCc1ccc(Cl)cc1)Cc1ccc(C(F)(F)F)cc1. The average molecular weight is 481 g/mol. The zero-order valence-corrected chi connectivity index (χ0v) is 18.7. The molecule has 0 fully saturated rings. The molecule has 0 saturated heterocycles. The quantitative estimate of drug-likeness (QED) is 0.397. The Kier molecular flexibility index (Phi) is 7.69. The van der Waals surface area contributed by atoms with Crippen molar-refractivity contribution in [2.45, 2.75) is 19.1 Å². The summed E-state index contributed by atoms with van der Waals surface area (Å²) in [5.41, 5.74) is 1.73. The summed E-state index contributed by atoms with van der Waals surface area (Å²) < 4.78 is 38.7. The summed E-state index contributed by atoms with van der Waals surface area (Å²) in [4.78, 5) is 15.0. The number of anilines is 1. The zero-order valence-electron chi connectivity index (χ0n) is 17.2. The number of alkyl halides is 3. The van der Waals surface area contributed by atoms with E-state index in [1.54, 1.807) is 42.3 Å². The van der Waals surface area contributed by atoms with Gasteiger partial charge in [0, 0.05) is 30.8 Å². The molecular formula is C24H21Cl2F3N2O. The van der Waals surface area contributed by atoms with Crippen molar-refractivity contribution in [1.29, 1.82) is 0 Å². The third kappa shape index (κ3) is 5.96. The summed E-state index contributed by atoms with van der Waals surface area (Å²) in [6.07, 6.45) is -3.87. The molecule has 32 heavy (non-hydrogen) atoms. The first kappa shape index (κ1) is 24.0. The number of nitrogens with zero attached hydrogens (tertiary/aromatic N) is 1. The second-order valence-electron chi connectivity index (χ2n) is 7.21. The Balaban J connectivity index is 1.88. The maximum Gasteiger partial charge on any atom is 0.416 e. The highest BCUT2D eigenvalue weighted by molar-refractivity contribution is 6.34. The van der Waals surface area contributed by atoms with E-state index in [1.165, 1.54) is 12.1 Å². The summed E-state index contributed by atoms with van der Waals surface area (Å²) in [6.45, 7) is 0.481. The van der Waals surface area contributed by atoms with Crippen molar-refractivity contribution in [2.75, 3.05) is 18.9 Å². The summed E-state index contributed by atoms with van der Waals surface area (Å²) in [7, 11) is 1.69. The molecule has 3 aromatic rings. The second kappa shape index (κ2) is 10.3. The van der Waals surface area contributed by atoms with Crippen LogP contribution in [-0.4, -0.2) is 24.4 Å². The molecule has 0 aliphatic rings. The number of benzene rings is 3. The molecule has 0 radical (unpaired) electrons. The van der Waals surface area contributed by atoms with Gasteiger partial charge in [-0.15, -0.1) is 0 Å². The lowest BCUT2D eigenvalue weighted by Gasteiger charge is -2.25. The first-order valence-corrected chi connectivity index (χ1v) is 10.6. The summed E-state index contributed by atoms with van der Waals surface area (Å²) >= 11 is 12.3. The van der Waals surface area contributed by atoms with Gasteiger partial charge >= 0.3 is 6.18 Å². The van der Waals surface area contributed by atoms with Crippen molar-refractivity contribution >= 4 is 34.8 Å². The van der Waals surface area contributed by atoms with Gasteiger partial charge in [-0.25, -0.2) is 0 Å². The van der Waals surface area contributed by atoms with Crippen LogP contribution in [0, 0.1) is 0 Å². The minimum atomic E-state index is -4.41. The number of carbonyl (C=O) groups excluding carboxylic acids is 1. The van der Waals surface area contributed by atoms with Crippen molar-refractivity contribution in [3.63, 3.8) is 0 Å². The van der Waals surface area contributed by atoms with E-state index >= 15 is 0 Å². The minimum absolute atomic E-state index is 0.138. The number of carbonyl (C=O) groups is 1. The predicted molar refractivity (Wildman–Crippen MR) is 122 cm³/mol. The molecular weight excluding hydrogens is 460 g/mol. The molecule has 0 saturated carbocycles. The Morgan fingerprint density at radius 3 is 2.16 bits per heavy atom. The van der Waals surface area contributed by atoms with E-state index in [9.17, 15) is 18.0 Å². The molecule has 8 heteroatoms. The maximum absolute atomic E-state index is 13.5. The standard InChI is InChI=1S/C24H21Cl2F3N2O/c1-30-21-4-2-3-20(26)22(21)23(32)31(14-13-16-7-11-19(25)12-8-16)15-17-5-9-18(10-6-17)24(27,28)29/h2-12,30H,13-15H2,1H3. The van der Waals surface area contributed by atoms with E-state index in [-0.39, 0.29) is 12.5 Å². The smallest absolute Gasteiger partial charge is 0.387 e. The van der Waals surface area contributed by atoms with Gasteiger partial charge in [-0.1, -0.05) is 53.5 Å². The summed E-state index contributed by atoms with van der Waals surface area (Å²) in [5, 5.41) is 3.88. The van der Waals surface area contributed by atoms with Gasteiger partial charge in [0.2, 0.25) is 0 Å². The highest BCUT2D eigenvalue weighted by atomic mass is 35.5. The molecule has 0 aliphatic carbocycles. The van der Waals surface area contributed by atoms with Crippen LogP contribution in [0.15, 0.2) is 66.7 Å². The van der Waals surface area contributed by atoms with Crippen LogP contribution in [0.4, 0.5) is 18.9 Å². The Morgan fingerprint density at radius 1 is 0.938 bits per heavy atom. The summed E-state index contributed by atoms with van der Waals surface area (Å²) in [5.74, 6) is -0.311. The third-order valence-corrected chi connectivity index (χ3v) is 5.59. The largest absolute Gasteiger partial charge is 0.416 e. The van der Waals surface area contributed by atoms with E-state index in [1.807, 2.05) is 12.1 Å². The lowest BCUT2D eigenvalue weighted by atomic mass is 10.1. The number of halogens is 5. The zero-order chi connectivity index (χ0) is 23.3. The van der Waals surface area contributed by atoms with Crippen molar-refractivity contribution < 1.29 is 18.0 Å². The normalized spacial score (nSPS) is 11.3. The molecule has 0 bridgehead atoms. The summed E-state index contributed by atoms with van der Waals surface area (Å²) in [6, 6.07) is 17.2. The molecule has 3 nitrogen and oxygen atoms in total. The van der Waals surface area contributed by atoms with E-state index in [0.29, 0.717) is 39.8 Å². The van der Waals surface area contributed by atoms with Crippen molar-refractivity contribution in [3.05, 3.63) is 99.0 Å². The monoisotopic (exact) mass is 480 g/mol. The van der Waals surface area contributed by atoms with Crippen LogP contribution < -0.4 is 5.32 Å². The number of nitrogens with one attached hydrogen (secondary N) is 1. The fraction of sp³-hybridized carbons (Fsp3) is 0.208. The fourth-order valence-electron chi connectivity index (χ4n) is 3.30. The van der Waals surface area contributed by atoms with E-state index in [2.05, 4.69) is 5.32 Å². The number of hydrogen-bond acceptors (Lipinski definition) is 2. The molecule has 0 heterocycles. The lowest BCUT2D eigenvalue weighted by molar-refractivity contribution is -0.137. The lowest BCUT2D eigenvalue weighted by Crippen LogP contribution is -2.33. The number of amides is 1. The average Bonchev–Trinajstić information content (AvgIpc) is 2.76. The molecule has 1 N–H and O–H groups in total. The van der Waals surface area contributed by atoms with Gasteiger partial charge in [0.25, 0.3) is 5.91 Å². The van der Waals surface area contributed by atoms with Gasteiger partial charge < -0.3 is 10.2 Å². The van der Waals surface area contributed by atoms with Crippen LogP contribution in [0.2, 0.25) is 10.0 Å². The highest BCUT2D eigenvalue weighted by Gasteiger charge is 2.30. The fourth-order valence-corrected chi connectivity index (χ4v) is 3.68. The van der Waals surface area contributed by atoms with Gasteiger partial charge in [0.15, 0.2) is 0 Å². The number of rotatable bonds is 7. The predicted octanol–water partition coefficient (Wildman–Crippen LogP) is 6.94. The van der Waals surface area contributed by atoms with E-state index in [4.69, 9.17) is 23.2 Å². The molecule has 0 atom stereocenters. The minimum Gasteiger partial charge on any atom is -0.387 e. The Labute approximate surface area is 194 Å². The Morgan fingerprint density at radius 2 is 1.56 bits per heavy atom. The molecule has 168 valence electrons. The van der Waals surface area contributed by atoms with Crippen LogP contribution in [0.5, 0.6) is 0 Å². The molecule has 1 amide bonds. The molecule has 0 aliphatic heterocycles. The van der Waals surface area contributed by atoms with Gasteiger partial charge in [0.05, 0.1) is 16.1 Å². The second-order valence-corrected chi connectivity index (χ2v) is 8.05. The van der Waals surface area contributed by atoms with Crippen LogP contribution >= 0.6 is 23.2 Å². The molecule has 0 aromatic heterocycles. The Bertz CT molecular complexity index is 1070. The van der Waals surface area contributed by atoms with Gasteiger partial charge in [-0.3, -0.25) is 4.79 Å². The highest BCUT2D eigenvalue weighted by Crippen LogP contribution is 2.30. The molecule has 0 spiro atoms.